The van der Waals surface area contributed by atoms with E-state index in [1.807, 2.05) is 19.9 Å². The molecule has 0 bridgehead atoms. The van der Waals surface area contributed by atoms with Gasteiger partial charge in [-0.3, -0.25) is 4.79 Å². The maximum Gasteiger partial charge on any atom is 0.338 e. The molecule has 0 saturated heterocycles. The fourth-order valence-corrected chi connectivity index (χ4v) is 2.14. The van der Waals surface area contributed by atoms with Gasteiger partial charge in [0.2, 0.25) is 0 Å². The molecule has 1 atom stereocenters. The van der Waals surface area contributed by atoms with E-state index in [2.05, 4.69) is 0 Å². The molecule has 17 heavy (non-hydrogen) atoms. The number of ketones is 1. The van der Waals surface area contributed by atoms with Crippen LogP contribution < -0.4 is 0 Å². The summed E-state index contributed by atoms with van der Waals surface area (Å²) in [5.41, 5.74) is 0.491. The Morgan fingerprint density at radius 1 is 1.35 bits per heavy atom. The molecule has 0 radical (unpaired) electrons. The maximum atomic E-state index is 11.7. The van der Waals surface area contributed by atoms with Gasteiger partial charge in [-0.1, -0.05) is 32.0 Å². The van der Waals surface area contributed by atoms with Crippen LogP contribution in [0.4, 0.5) is 0 Å². The summed E-state index contributed by atoms with van der Waals surface area (Å²) in [6.07, 6.45) is 0.584. The van der Waals surface area contributed by atoms with Crippen LogP contribution in [0.25, 0.3) is 0 Å². The molecule has 1 aliphatic carbocycles. The van der Waals surface area contributed by atoms with Crippen molar-refractivity contribution in [2.24, 2.45) is 11.3 Å². The van der Waals surface area contributed by atoms with Crippen molar-refractivity contribution in [1.82, 2.24) is 0 Å². The minimum atomic E-state index is -0.360. The first kappa shape index (κ1) is 11.8. The number of Topliss-reactive ketones (excluding diaryl/α,β-unsaturated/α-hetero) is 1. The second-order valence-electron chi connectivity index (χ2n) is 5.15. The highest BCUT2D eigenvalue weighted by molar-refractivity contribution is 5.91. The van der Waals surface area contributed by atoms with E-state index in [4.69, 9.17) is 4.74 Å². The molecule has 0 unspecified atom stereocenters. The van der Waals surface area contributed by atoms with Gasteiger partial charge >= 0.3 is 5.97 Å². The topological polar surface area (TPSA) is 43.4 Å². The van der Waals surface area contributed by atoms with Gasteiger partial charge in [0, 0.05) is 6.42 Å². The molecule has 1 aromatic carbocycles. The largest absolute Gasteiger partial charge is 0.461 e. The van der Waals surface area contributed by atoms with Crippen LogP contribution >= 0.6 is 0 Å². The molecule has 0 aliphatic heterocycles. The van der Waals surface area contributed by atoms with Crippen LogP contribution in [-0.2, 0) is 9.53 Å². The Balaban J connectivity index is 1.91. The average molecular weight is 232 g/mol. The van der Waals surface area contributed by atoms with Crippen LogP contribution in [-0.4, -0.2) is 18.4 Å². The predicted molar refractivity (Wildman–Crippen MR) is 63.6 cm³/mol. The van der Waals surface area contributed by atoms with Crippen molar-refractivity contribution in [3.8, 4) is 0 Å². The maximum absolute atomic E-state index is 11.7. The van der Waals surface area contributed by atoms with Gasteiger partial charge in [0.25, 0.3) is 0 Å². The van der Waals surface area contributed by atoms with Gasteiger partial charge in [-0.15, -0.1) is 0 Å². The highest BCUT2D eigenvalue weighted by atomic mass is 16.5. The van der Waals surface area contributed by atoms with E-state index in [1.165, 1.54) is 0 Å². The molecule has 90 valence electrons. The van der Waals surface area contributed by atoms with Gasteiger partial charge in [-0.2, -0.15) is 0 Å². The van der Waals surface area contributed by atoms with Crippen LogP contribution in [0, 0.1) is 11.3 Å². The zero-order valence-corrected chi connectivity index (χ0v) is 10.1. The Morgan fingerprint density at radius 2 is 2.00 bits per heavy atom. The zero-order valence-electron chi connectivity index (χ0n) is 10.1. The average Bonchev–Trinajstić information content (AvgIpc) is 2.29. The zero-order chi connectivity index (χ0) is 12.5. The fourth-order valence-electron chi connectivity index (χ4n) is 2.14. The van der Waals surface area contributed by atoms with Crippen LogP contribution in [0.15, 0.2) is 30.3 Å². The number of esters is 1. The van der Waals surface area contributed by atoms with Gasteiger partial charge < -0.3 is 4.74 Å². The highest BCUT2D eigenvalue weighted by Crippen LogP contribution is 2.42. The lowest BCUT2D eigenvalue weighted by molar-refractivity contribution is -0.143. The van der Waals surface area contributed by atoms with Crippen LogP contribution in [0.3, 0.4) is 0 Å². The summed E-state index contributed by atoms with van der Waals surface area (Å²) < 4.78 is 5.18. The Kier molecular flexibility index (Phi) is 3.01. The van der Waals surface area contributed by atoms with E-state index in [9.17, 15) is 9.59 Å². The molecule has 0 heterocycles. The number of rotatable bonds is 3. The molecule has 1 saturated carbocycles. The number of benzene rings is 1. The molecule has 1 aromatic rings. The summed E-state index contributed by atoms with van der Waals surface area (Å²) in [5, 5.41) is 0. The molecule has 0 aromatic heterocycles. The summed E-state index contributed by atoms with van der Waals surface area (Å²) in [4.78, 5) is 23.1. The first-order valence-electron chi connectivity index (χ1n) is 5.75. The second-order valence-corrected chi connectivity index (χ2v) is 5.15. The monoisotopic (exact) mass is 232 g/mol. The molecule has 1 aliphatic rings. The molecular formula is C14H16O3. The van der Waals surface area contributed by atoms with Gasteiger partial charge in [0.15, 0.2) is 0 Å². The van der Waals surface area contributed by atoms with Crippen LogP contribution in [0.2, 0.25) is 0 Å². The lowest BCUT2D eigenvalue weighted by Crippen LogP contribution is -2.47. The van der Waals surface area contributed by atoms with Crippen molar-refractivity contribution < 1.29 is 14.3 Å². The van der Waals surface area contributed by atoms with E-state index in [-0.39, 0.29) is 29.7 Å². The van der Waals surface area contributed by atoms with E-state index in [0.717, 1.165) is 0 Å². The predicted octanol–water partition coefficient (Wildman–Crippen LogP) is 2.46. The summed E-state index contributed by atoms with van der Waals surface area (Å²) in [6, 6.07) is 8.82. The van der Waals surface area contributed by atoms with Crippen molar-refractivity contribution in [2.75, 3.05) is 6.61 Å². The Morgan fingerprint density at radius 3 is 2.53 bits per heavy atom. The standard InChI is InChI=1S/C14H16O3/c1-14(2)8-12(15)11(14)9-17-13(16)10-6-4-3-5-7-10/h3-7,11H,8-9H2,1-2H3/t11-/m0/s1. The Bertz CT molecular complexity index is 434. The van der Waals surface area contributed by atoms with E-state index in [1.54, 1.807) is 24.3 Å². The van der Waals surface area contributed by atoms with Crippen molar-refractivity contribution in [3.05, 3.63) is 35.9 Å². The van der Waals surface area contributed by atoms with Gasteiger partial charge in [-0.05, 0) is 17.5 Å². The third-order valence-electron chi connectivity index (χ3n) is 3.35. The molecule has 3 nitrogen and oxygen atoms in total. The first-order chi connectivity index (χ1) is 8.00. The van der Waals surface area contributed by atoms with E-state index in [0.29, 0.717) is 12.0 Å². The molecule has 0 amide bonds. The minimum absolute atomic E-state index is 0.0337. The van der Waals surface area contributed by atoms with Crippen LogP contribution in [0.1, 0.15) is 30.6 Å². The summed E-state index contributed by atoms with van der Waals surface area (Å²) in [5.74, 6) is -0.313. The lowest BCUT2D eigenvalue weighted by Gasteiger charge is -2.42. The Labute approximate surface area is 101 Å². The summed E-state index contributed by atoms with van der Waals surface area (Å²) in [7, 11) is 0. The van der Waals surface area contributed by atoms with Gasteiger partial charge in [0.05, 0.1) is 11.5 Å². The molecule has 3 heteroatoms. The molecule has 1 fully saturated rings. The van der Waals surface area contributed by atoms with Gasteiger partial charge in [0.1, 0.15) is 12.4 Å². The number of ether oxygens (including phenoxy) is 1. The second kappa shape index (κ2) is 4.32. The molecule has 0 spiro atoms. The van der Waals surface area contributed by atoms with Crippen molar-refractivity contribution in [3.63, 3.8) is 0 Å². The van der Waals surface area contributed by atoms with Crippen molar-refractivity contribution >= 4 is 11.8 Å². The highest BCUT2D eigenvalue weighted by Gasteiger charge is 2.46. The normalized spacial score (nSPS) is 21.8. The number of carbonyl (C=O) groups excluding carboxylic acids is 2. The van der Waals surface area contributed by atoms with Crippen LogP contribution in [0.5, 0.6) is 0 Å². The number of hydrogen-bond acceptors (Lipinski definition) is 3. The summed E-state index contributed by atoms with van der Waals surface area (Å²) in [6.45, 7) is 4.24. The van der Waals surface area contributed by atoms with Gasteiger partial charge in [-0.25, -0.2) is 4.79 Å². The molecule has 0 N–H and O–H groups in total. The number of hydrogen-bond donors (Lipinski definition) is 0. The lowest BCUT2D eigenvalue weighted by atomic mass is 9.62. The quantitative estimate of drug-likeness (QED) is 0.752. The third-order valence-corrected chi connectivity index (χ3v) is 3.35. The first-order valence-corrected chi connectivity index (χ1v) is 5.75. The SMILES string of the molecule is CC1(C)CC(=O)[C@@H]1COC(=O)c1ccccc1. The van der Waals surface area contributed by atoms with Crippen molar-refractivity contribution in [2.45, 2.75) is 20.3 Å². The van der Waals surface area contributed by atoms with E-state index < -0.39 is 0 Å². The smallest absolute Gasteiger partial charge is 0.338 e. The molecule has 2 rings (SSSR count). The fraction of sp³-hybridized carbons (Fsp3) is 0.429. The van der Waals surface area contributed by atoms with Crippen molar-refractivity contribution in [1.29, 1.82) is 0 Å². The Hall–Kier alpha value is -1.64. The minimum Gasteiger partial charge on any atom is -0.461 e. The summed E-state index contributed by atoms with van der Waals surface area (Å²) >= 11 is 0. The number of carbonyl (C=O) groups is 2. The van der Waals surface area contributed by atoms with E-state index >= 15 is 0 Å². The third kappa shape index (κ3) is 2.38. The molecular weight excluding hydrogens is 216 g/mol.